The van der Waals surface area contributed by atoms with Crippen LogP contribution in [0.3, 0.4) is 0 Å². The van der Waals surface area contributed by atoms with Crippen LogP contribution >= 0.6 is 0 Å². The molecule has 4 amide bonds. The molecule has 1 unspecified atom stereocenters. The summed E-state index contributed by atoms with van der Waals surface area (Å²) >= 11 is 0. The number of hydrogen-bond acceptors (Lipinski definition) is 13. The highest BCUT2D eigenvalue weighted by molar-refractivity contribution is 6.05. The van der Waals surface area contributed by atoms with Crippen molar-refractivity contribution < 1.29 is 43.3 Å². The van der Waals surface area contributed by atoms with Crippen molar-refractivity contribution >= 4 is 63.6 Å². The van der Waals surface area contributed by atoms with E-state index in [0.29, 0.717) is 121 Å². The van der Waals surface area contributed by atoms with Crippen molar-refractivity contribution in [3.63, 3.8) is 0 Å². The zero-order valence-corrected chi connectivity index (χ0v) is 39.6. The second-order valence-electron chi connectivity index (χ2n) is 17.8. The van der Waals surface area contributed by atoms with E-state index in [-0.39, 0.29) is 61.3 Å². The van der Waals surface area contributed by atoms with E-state index < -0.39 is 35.7 Å². The van der Waals surface area contributed by atoms with Crippen LogP contribution in [-0.4, -0.2) is 130 Å². The number of ether oxygens (including phenoxy) is 3. The van der Waals surface area contributed by atoms with Crippen molar-refractivity contribution in [1.82, 2.24) is 48.9 Å². The third kappa shape index (κ3) is 9.81. The Balaban J connectivity index is 1.15. The summed E-state index contributed by atoms with van der Waals surface area (Å²) < 4.78 is 26.1. The minimum atomic E-state index is -0.832. The van der Waals surface area contributed by atoms with Gasteiger partial charge >= 0.3 is 5.97 Å². The number of anilines is 2. The number of aryl methyl sites for hydroxylation is 4. The Labute approximate surface area is 402 Å². The van der Waals surface area contributed by atoms with E-state index in [1.54, 1.807) is 54.9 Å². The van der Waals surface area contributed by atoms with E-state index in [2.05, 4.69) is 31.0 Å². The number of allylic oxidation sites excluding steroid dienone is 2. The molecule has 1 atom stereocenters. The number of rotatable bonds is 11. The number of morpholine rings is 1. The number of nitrogens with one attached hydrogen (secondary N) is 3. The van der Waals surface area contributed by atoms with Gasteiger partial charge in [0.2, 0.25) is 17.8 Å². The normalized spacial score (nSPS) is 19.3. The fourth-order valence-corrected chi connectivity index (χ4v) is 9.46. The Morgan fingerprint density at radius 1 is 0.700 bits per heavy atom. The van der Waals surface area contributed by atoms with E-state index in [4.69, 9.17) is 29.9 Å². The summed E-state index contributed by atoms with van der Waals surface area (Å²) in [6.07, 6.45) is 5.69. The quantitative estimate of drug-likeness (QED) is 0.114. The molecule has 0 bridgehead atoms. The summed E-state index contributed by atoms with van der Waals surface area (Å²) in [5.41, 5.74) is 10.0. The maximum Gasteiger partial charge on any atom is 0.306 e. The van der Waals surface area contributed by atoms with Gasteiger partial charge in [-0.15, -0.1) is 0 Å². The van der Waals surface area contributed by atoms with Crippen molar-refractivity contribution in [3.8, 4) is 11.5 Å². The first-order chi connectivity index (χ1) is 33.8. The third-order valence-electron chi connectivity index (χ3n) is 13.1. The molecule has 9 rings (SSSR count). The van der Waals surface area contributed by atoms with Crippen molar-refractivity contribution in [2.24, 2.45) is 11.7 Å². The SMILES string of the molecule is CCn1nc(C)cc1C(=O)Nc1nc2cc(C(N)=O)cc3c2n1C/C=C/Cn1c(NC(=O)c2cc(C)nn2CC)nc2cc(C(=O)N[C@H]4CC[C@H](C(=O)O)CC4)cc(c21)OCC(N1CCOCC1)CO3. The summed E-state index contributed by atoms with van der Waals surface area (Å²) in [7, 11) is 0. The van der Waals surface area contributed by atoms with E-state index in [0.717, 1.165) is 0 Å². The highest BCUT2D eigenvalue weighted by atomic mass is 16.5. The van der Waals surface area contributed by atoms with Crippen LogP contribution in [0.1, 0.15) is 92.6 Å². The smallest absolute Gasteiger partial charge is 0.306 e. The number of imidazole rings is 2. The summed E-state index contributed by atoms with van der Waals surface area (Å²) in [6, 6.07) is 9.21. The predicted octanol–water partition coefficient (Wildman–Crippen LogP) is 4.14. The molecule has 0 spiro atoms. The molecule has 3 aliphatic rings. The molecule has 2 aromatic carbocycles. The number of carboxylic acids is 1. The van der Waals surface area contributed by atoms with Crippen LogP contribution in [0.2, 0.25) is 0 Å². The lowest BCUT2D eigenvalue weighted by Gasteiger charge is -2.34. The lowest BCUT2D eigenvalue weighted by molar-refractivity contribution is -0.142. The number of benzene rings is 2. The van der Waals surface area contributed by atoms with Crippen LogP contribution in [0.5, 0.6) is 11.5 Å². The van der Waals surface area contributed by atoms with Gasteiger partial charge in [-0.25, -0.2) is 9.97 Å². The van der Waals surface area contributed by atoms with E-state index >= 15 is 0 Å². The highest BCUT2D eigenvalue weighted by Crippen LogP contribution is 2.35. The molecule has 22 nitrogen and oxygen atoms in total. The van der Waals surface area contributed by atoms with E-state index in [1.165, 1.54) is 0 Å². The molecule has 0 radical (unpaired) electrons. The molecule has 2 aliphatic heterocycles. The van der Waals surface area contributed by atoms with Gasteiger partial charge in [0.15, 0.2) is 0 Å². The first-order valence-corrected chi connectivity index (χ1v) is 23.6. The number of aromatic nitrogens is 8. The summed E-state index contributed by atoms with van der Waals surface area (Å²) in [5.74, 6) is -2.24. The number of hydrogen-bond donors (Lipinski definition) is 5. The number of primary amides is 1. The lowest BCUT2D eigenvalue weighted by atomic mass is 9.86. The predicted molar refractivity (Wildman–Crippen MR) is 256 cm³/mol. The van der Waals surface area contributed by atoms with Gasteiger partial charge in [0.05, 0.1) is 47.6 Å². The Kier molecular flexibility index (Phi) is 13.7. The Morgan fingerprint density at radius 2 is 1.20 bits per heavy atom. The summed E-state index contributed by atoms with van der Waals surface area (Å²) in [5, 5.41) is 27.6. The Bertz CT molecular complexity index is 3020. The number of aliphatic carboxylic acids is 1. The molecule has 6 N–H and O–H groups in total. The van der Waals surface area contributed by atoms with Gasteiger partial charge in [-0.3, -0.25) is 48.9 Å². The number of carbonyl (C=O) groups is 5. The van der Waals surface area contributed by atoms with Gasteiger partial charge in [0.25, 0.3) is 17.7 Å². The second kappa shape index (κ2) is 20.2. The number of carboxylic acid groups (broad SMARTS) is 1. The standard InChI is InChI=1S/C48H57N13O9/c1-5-60-36(19-27(3)55-60)44(64)53-47-51-34-21-30(42(49)62)23-38-40(34)58(47)13-7-8-14-59-41-35(52-48(59)54-45(65)37-20-28(4)56-61(37)6-2)22-31(43(63)50-32-11-9-29(10-12-32)46(66)67)24-39(41)70-26-33(25-69-38)57-15-17-68-18-16-57/h7-8,19-24,29,32-33H,5-6,9-18,25-26H2,1-4H3,(H2,49,62)(H,50,63)(H,66,67)(H,51,53,64)(H,52,54,65)/b8-7+/t29-,32-,33?. The topological polar surface area (TPSA) is 270 Å². The minimum absolute atomic E-state index is 0.0563. The minimum Gasteiger partial charge on any atom is -0.490 e. The van der Waals surface area contributed by atoms with Gasteiger partial charge in [-0.1, -0.05) is 12.2 Å². The molecule has 1 saturated carbocycles. The van der Waals surface area contributed by atoms with Crippen LogP contribution in [0.15, 0.2) is 48.6 Å². The molecule has 1 saturated heterocycles. The van der Waals surface area contributed by atoms with E-state index in [1.807, 2.05) is 39.8 Å². The lowest BCUT2D eigenvalue weighted by Crippen LogP contribution is -2.49. The maximum absolute atomic E-state index is 14.1. The zero-order chi connectivity index (χ0) is 49.2. The van der Waals surface area contributed by atoms with E-state index in [9.17, 15) is 29.1 Å². The highest BCUT2D eigenvalue weighted by Gasteiger charge is 2.30. The molecule has 1 aliphatic carbocycles. The third-order valence-corrected chi connectivity index (χ3v) is 13.1. The Morgan fingerprint density at radius 3 is 1.69 bits per heavy atom. The molecule has 368 valence electrons. The first kappa shape index (κ1) is 47.5. The van der Waals surface area contributed by atoms with Crippen molar-refractivity contribution in [2.75, 3.05) is 50.2 Å². The summed E-state index contributed by atoms with van der Waals surface area (Å²) in [6.45, 7) is 10.8. The number of carbonyl (C=O) groups excluding carboxylic acids is 4. The van der Waals surface area contributed by atoms with Crippen LogP contribution in [0, 0.1) is 19.8 Å². The summed E-state index contributed by atoms with van der Waals surface area (Å²) in [4.78, 5) is 78.5. The average molecular weight is 960 g/mol. The molecule has 6 aromatic rings. The molecule has 2 fully saturated rings. The van der Waals surface area contributed by atoms with Gasteiger partial charge in [-0.05, 0) is 89.8 Å². The van der Waals surface area contributed by atoms with Crippen molar-refractivity contribution in [1.29, 1.82) is 0 Å². The molecule has 22 heteroatoms. The van der Waals surface area contributed by atoms with Crippen LogP contribution in [0.4, 0.5) is 11.9 Å². The average Bonchev–Trinajstić information content (AvgIpc) is 4.12. The van der Waals surface area contributed by atoms with Crippen LogP contribution in [0.25, 0.3) is 22.1 Å². The largest absolute Gasteiger partial charge is 0.490 e. The molecule has 4 aromatic heterocycles. The van der Waals surface area contributed by atoms with Crippen LogP contribution in [-0.2, 0) is 35.7 Å². The molecular weight excluding hydrogens is 903 g/mol. The molecule has 70 heavy (non-hydrogen) atoms. The molecule has 6 heterocycles. The number of nitrogens with zero attached hydrogens (tertiary/aromatic N) is 9. The van der Waals surface area contributed by atoms with Gasteiger partial charge in [-0.2, -0.15) is 10.2 Å². The van der Waals surface area contributed by atoms with Crippen LogP contribution < -0.4 is 31.2 Å². The zero-order valence-electron chi connectivity index (χ0n) is 39.6. The monoisotopic (exact) mass is 959 g/mol. The number of nitrogens with two attached hydrogens (primary N) is 1. The maximum atomic E-state index is 14.1. The van der Waals surface area contributed by atoms with Crippen molar-refractivity contribution in [2.45, 2.75) is 91.6 Å². The first-order valence-electron chi connectivity index (χ1n) is 23.6. The number of amides is 4. The fourth-order valence-electron chi connectivity index (χ4n) is 9.46. The van der Waals surface area contributed by atoms with Crippen molar-refractivity contribution in [3.05, 3.63) is 82.5 Å². The van der Waals surface area contributed by atoms with Gasteiger partial charge in [0, 0.05) is 56.4 Å². The van der Waals surface area contributed by atoms with Gasteiger partial charge < -0.3 is 39.5 Å². The Hall–Kier alpha value is -7.59. The fraction of sp³-hybridized carbons (Fsp3) is 0.438. The van der Waals surface area contributed by atoms with Gasteiger partial charge in [0.1, 0.15) is 47.1 Å². The second-order valence-corrected chi connectivity index (χ2v) is 17.8. The molecular formula is C48H57N13O9.